The Morgan fingerprint density at radius 2 is 1.53 bits per heavy atom. The lowest BCUT2D eigenvalue weighted by Gasteiger charge is -2.17. The fourth-order valence-corrected chi connectivity index (χ4v) is 1.18. The zero-order chi connectivity index (χ0) is 10.2. The predicted molar refractivity (Wildman–Crippen MR) is 61.9 cm³/mol. The molecule has 1 aromatic carbocycles. The fraction of sp³-hybridized carbons (Fsp3) is 0.455. The van der Waals surface area contributed by atoms with E-state index in [0.717, 1.165) is 5.75 Å². The lowest BCUT2D eigenvalue weighted by Crippen LogP contribution is -2.27. The van der Waals surface area contributed by atoms with Crippen LogP contribution in [-0.4, -0.2) is 33.5 Å². The smallest absolute Gasteiger partial charge is 0.145 e. The van der Waals surface area contributed by atoms with Gasteiger partial charge in [-0.1, -0.05) is 18.2 Å². The third kappa shape index (κ3) is 5.62. The number of ether oxygens (including phenoxy) is 3. The first kappa shape index (κ1) is 14.2. The third-order valence-corrected chi connectivity index (χ3v) is 1.75. The molecule has 0 aliphatic heterocycles. The average molecular weight is 233 g/mol. The van der Waals surface area contributed by atoms with Crippen molar-refractivity contribution in [2.24, 2.45) is 0 Å². The standard InChI is InChI=1S/C11H16O3.ClH/c1-12-8-11(9-13-2)14-10-6-4-3-5-7-10;/h3-7,11H,8-9H2,1-2H3;1H. The number of methoxy groups -OCH3 is 2. The van der Waals surface area contributed by atoms with E-state index in [-0.39, 0.29) is 18.5 Å². The minimum atomic E-state index is -0.0487. The maximum atomic E-state index is 5.65. The van der Waals surface area contributed by atoms with E-state index in [2.05, 4.69) is 0 Å². The maximum absolute atomic E-state index is 5.65. The highest BCUT2D eigenvalue weighted by Gasteiger charge is 2.09. The zero-order valence-electron chi connectivity index (χ0n) is 9.01. The normalized spacial score (nSPS) is 9.80. The number of hydrogen-bond acceptors (Lipinski definition) is 3. The van der Waals surface area contributed by atoms with E-state index in [4.69, 9.17) is 14.2 Å². The molecule has 0 aliphatic carbocycles. The van der Waals surface area contributed by atoms with E-state index in [0.29, 0.717) is 13.2 Å². The minimum Gasteiger partial charge on any atom is -0.486 e. The van der Waals surface area contributed by atoms with E-state index in [9.17, 15) is 0 Å². The minimum absolute atomic E-state index is 0. The molecule has 1 aromatic rings. The van der Waals surface area contributed by atoms with Crippen molar-refractivity contribution < 1.29 is 14.2 Å². The second kappa shape index (κ2) is 8.53. The highest BCUT2D eigenvalue weighted by atomic mass is 35.5. The van der Waals surface area contributed by atoms with Crippen LogP contribution in [0.1, 0.15) is 0 Å². The van der Waals surface area contributed by atoms with Crippen LogP contribution in [0, 0.1) is 0 Å². The molecule has 0 heterocycles. The molecule has 4 heteroatoms. The van der Waals surface area contributed by atoms with Crippen LogP contribution < -0.4 is 4.74 Å². The van der Waals surface area contributed by atoms with Gasteiger partial charge >= 0.3 is 0 Å². The van der Waals surface area contributed by atoms with Gasteiger partial charge in [-0.2, -0.15) is 0 Å². The Labute approximate surface area is 96.7 Å². The van der Waals surface area contributed by atoms with Gasteiger partial charge in [0, 0.05) is 14.2 Å². The van der Waals surface area contributed by atoms with Crippen LogP contribution in [0.3, 0.4) is 0 Å². The molecule has 0 fully saturated rings. The molecule has 0 aliphatic rings. The summed E-state index contributed by atoms with van der Waals surface area (Å²) in [5.74, 6) is 0.839. The molecular formula is C11H17ClO3. The summed E-state index contributed by atoms with van der Waals surface area (Å²) in [7, 11) is 3.30. The predicted octanol–water partition coefficient (Wildman–Crippen LogP) is 2.15. The molecule has 0 saturated heterocycles. The van der Waals surface area contributed by atoms with Crippen molar-refractivity contribution in [3.05, 3.63) is 30.3 Å². The molecule has 86 valence electrons. The van der Waals surface area contributed by atoms with Gasteiger partial charge in [-0.3, -0.25) is 0 Å². The van der Waals surface area contributed by atoms with Crippen molar-refractivity contribution in [3.8, 4) is 5.75 Å². The molecule has 0 spiro atoms. The van der Waals surface area contributed by atoms with E-state index in [1.807, 2.05) is 30.3 Å². The summed E-state index contributed by atoms with van der Waals surface area (Å²) in [4.78, 5) is 0. The molecule has 0 amide bonds. The summed E-state index contributed by atoms with van der Waals surface area (Å²) in [6.45, 7) is 1.06. The molecule has 0 unspecified atom stereocenters. The van der Waals surface area contributed by atoms with Crippen LogP contribution in [0.5, 0.6) is 5.75 Å². The molecule has 1 rings (SSSR count). The molecule has 0 atom stereocenters. The molecule has 0 bridgehead atoms. The van der Waals surface area contributed by atoms with Crippen molar-refractivity contribution >= 4 is 12.4 Å². The van der Waals surface area contributed by atoms with E-state index in [1.165, 1.54) is 0 Å². The Hall–Kier alpha value is -0.770. The number of para-hydroxylation sites is 1. The van der Waals surface area contributed by atoms with Gasteiger partial charge in [0.1, 0.15) is 11.9 Å². The summed E-state index contributed by atoms with van der Waals surface area (Å²) < 4.78 is 15.7. The van der Waals surface area contributed by atoms with Crippen molar-refractivity contribution in [2.75, 3.05) is 27.4 Å². The molecule has 0 aromatic heterocycles. The van der Waals surface area contributed by atoms with Gasteiger partial charge in [-0.25, -0.2) is 0 Å². The van der Waals surface area contributed by atoms with Gasteiger partial charge in [0.15, 0.2) is 0 Å². The molecular weight excluding hydrogens is 216 g/mol. The topological polar surface area (TPSA) is 27.7 Å². The number of halogens is 1. The SMILES string of the molecule is COCC(COC)Oc1ccccc1.Cl. The first-order valence-corrected chi connectivity index (χ1v) is 4.56. The first-order valence-electron chi connectivity index (χ1n) is 4.56. The quantitative estimate of drug-likeness (QED) is 0.752. The second-order valence-corrected chi connectivity index (χ2v) is 2.96. The average Bonchev–Trinajstić information content (AvgIpc) is 2.20. The molecule has 15 heavy (non-hydrogen) atoms. The lowest BCUT2D eigenvalue weighted by atomic mass is 10.3. The molecule has 0 saturated carbocycles. The van der Waals surface area contributed by atoms with Crippen LogP contribution >= 0.6 is 12.4 Å². The molecule has 3 nitrogen and oxygen atoms in total. The van der Waals surface area contributed by atoms with Crippen molar-refractivity contribution in [3.63, 3.8) is 0 Å². The first-order chi connectivity index (χ1) is 6.86. The largest absolute Gasteiger partial charge is 0.486 e. The van der Waals surface area contributed by atoms with Gasteiger partial charge in [-0.15, -0.1) is 12.4 Å². The van der Waals surface area contributed by atoms with Gasteiger partial charge in [0.2, 0.25) is 0 Å². The number of benzene rings is 1. The zero-order valence-corrected chi connectivity index (χ0v) is 9.83. The Balaban J connectivity index is 0.00000196. The Morgan fingerprint density at radius 1 is 1.00 bits per heavy atom. The van der Waals surface area contributed by atoms with Crippen molar-refractivity contribution in [1.29, 1.82) is 0 Å². The Morgan fingerprint density at radius 3 is 2.00 bits per heavy atom. The van der Waals surface area contributed by atoms with Gasteiger partial charge in [0.25, 0.3) is 0 Å². The molecule has 0 N–H and O–H groups in total. The number of rotatable bonds is 6. The summed E-state index contributed by atoms with van der Waals surface area (Å²) in [6, 6.07) is 9.66. The van der Waals surface area contributed by atoms with E-state index < -0.39 is 0 Å². The Kier molecular flexibility index (Phi) is 8.09. The van der Waals surface area contributed by atoms with Gasteiger partial charge in [-0.05, 0) is 12.1 Å². The number of hydrogen-bond donors (Lipinski definition) is 0. The third-order valence-electron chi connectivity index (χ3n) is 1.75. The van der Waals surface area contributed by atoms with Crippen LogP contribution in [0.15, 0.2) is 30.3 Å². The van der Waals surface area contributed by atoms with E-state index in [1.54, 1.807) is 14.2 Å². The second-order valence-electron chi connectivity index (χ2n) is 2.96. The highest BCUT2D eigenvalue weighted by molar-refractivity contribution is 5.85. The maximum Gasteiger partial charge on any atom is 0.145 e. The van der Waals surface area contributed by atoms with Crippen molar-refractivity contribution in [1.82, 2.24) is 0 Å². The van der Waals surface area contributed by atoms with Crippen LogP contribution in [0.4, 0.5) is 0 Å². The van der Waals surface area contributed by atoms with E-state index >= 15 is 0 Å². The van der Waals surface area contributed by atoms with Crippen LogP contribution in [0.2, 0.25) is 0 Å². The highest BCUT2D eigenvalue weighted by Crippen LogP contribution is 2.11. The summed E-state index contributed by atoms with van der Waals surface area (Å²) in [5, 5.41) is 0. The lowest BCUT2D eigenvalue weighted by molar-refractivity contribution is 0.0245. The van der Waals surface area contributed by atoms with Gasteiger partial charge < -0.3 is 14.2 Å². The van der Waals surface area contributed by atoms with Crippen LogP contribution in [0.25, 0.3) is 0 Å². The summed E-state index contributed by atoms with van der Waals surface area (Å²) >= 11 is 0. The summed E-state index contributed by atoms with van der Waals surface area (Å²) in [6.07, 6.45) is -0.0487. The summed E-state index contributed by atoms with van der Waals surface area (Å²) in [5.41, 5.74) is 0. The monoisotopic (exact) mass is 232 g/mol. The molecule has 0 radical (unpaired) electrons. The van der Waals surface area contributed by atoms with Gasteiger partial charge in [0.05, 0.1) is 13.2 Å². The Bertz CT molecular complexity index is 235. The van der Waals surface area contributed by atoms with Crippen LogP contribution in [-0.2, 0) is 9.47 Å². The van der Waals surface area contributed by atoms with Crippen molar-refractivity contribution in [2.45, 2.75) is 6.10 Å². The fourth-order valence-electron chi connectivity index (χ4n) is 1.18.